The fraction of sp³-hybridized carbons (Fsp3) is 0.222. The number of aromatic nitrogens is 1. The molecule has 0 radical (unpaired) electrons. The number of hydrogen-bond donors (Lipinski definition) is 0. The van der Waals surface area contributed by atoms with Crippen molar-refractivity contribution in [3.63, 3.8) is 0 Å². The minimum absolute atomic E-state index is 0.131. The van der Waals surface area contributed by atoms with Gasteiger partial charge in [0.1, 0.15) is 5.82 Å². The summed E-state index contributed by atoms with van der Waals surface area (Å²) >= 11 is 0. The number of para-hydroxylation sites is 1. The minimum atomic E-state index is -3.62. The van der Waals surface area contributed by atoms with Crippen LogP contribution in [0.5, 0.6) is 0 Å². The van der Waals surface area contributed by atoms with E-state index in [-0.39, 0.29) is 4.90 Å². The molecule has 0 aliphatic carbocycles. The Morgan fingerprint density at radius 1 is 1.04 bits per heavy atom. The number of aryl methyl sites for hydroxylation is 1. The molecule has 0 atom stereocenters. The molecule has 0 unspecified atom stereocenters. The molecule has 0 N–H and O–H groups in total. The maximum absolute atomic E-state index is 13.1. The highest BCUT2D eigenvalue weighted by Crippen LogP contribution is 2.32. The number of rotatable bonds is 2. The van der Waals surface area contributed by atoms with Crippen LogP contribution in [0.1, 0.15) is 11.3 Å². The summed E-state index contributed by atoms with van der Waals surface area (Å²) in [5.41, 5.74) is 3.36. The van der Waals surface area contributed by atoms with Crippen molar-refractivity contribution >= 4 is 20.9 Å². The summed E-state index contributed by atoms with van der Waals surface area (Å²) in [4.78, 5) is 0.131. The smallest absolute Gasteiger partial charge is 0.243 e. The summed E-state index contributed by atoms with van der Waals surface area (Å²) in [6.07, 6.45) is 0.678. The Balaban J connectivity index is 1.75. The van der Waals surface area contributed by atoms with E-state index in [0.717, 1.165) is 11.2 Å². The molecule has 0 amide bonds. The van der Waals surface area contributed by atoms with Gasteiger partial charge in [0.2, 0.25) is 10.0 Å². The SMILES string of the molecule is Cn1c2c(c3ccccc31)CCN(S(=O)(=O)c1ccc(F)cc1)C2. The molecule has 1 aromatic heterocycles. The average Bonchev–Trinajstić information content (AvgIpc) is 2.88. The van der Waals surface area contributed by atoms with Crippen LogP contribution < -0.4 is 0 Å². The van der Waals surface area contributed by atoms with Crippen LogP contribution in [0, 0.1) is 5.82 Å². The molecule has 124 valence electrons. The van der Waals surface area contributed by atoms with Gasteiger partial charge in [-0.15, -0.1) is 0 Å². The topological polar surface area (TPSA) is 42.3 Å². The van der Waals surface area contributed by atoms with Crippen molar-refractivity contribution in [2.45, 2.75) is 17.9 Å². The first-order valence-corrected chi connectivity index (χ1v) is 9.23. The van der Waals surface area contributed by atoms with E-state index in [1.54, 1.807) is 0 Å². The van der Waals surface area contributed by atoms with Gasteiger partial charge in [-0.25, -0.2) is 12.8 Å². The van der Waals surface area contributed by atoms with Crippen LogP contribution in [-0.2, 0) is 30.0 Å². The normalized spacial score (nSPS) is 15.6. The van der Waals surface area contributed by atoms with Crippen LogP contribution in [0.2, 0.25) is 0 Å². The molecule has 0 bridgehead atoms. The molecule has 1 aliphatic heterocycles. The number of sulfonamides is 1. The van der Waals surface area contributed by atoms with Gasteiger partial charge in [-0.05, 0) is 42.3 Å². The fourth-order valence-corrected chi connectivity index (χ4v) is 4.85. The zero-order valence-corrected chi connectivity index (χ0v) is 14.1. The monoisotopic (exact) mass is 344 g/mol. The van der Waals surface area contributed by atoms with Crippen molar-refractivity contribution in [2.75, 3.05) is 6.54 Å². The van der Waals surface area contributed by atoms with E-state index in [9.17, 15) is 12.8 Å². The van der Waals surface area contributed by atoms with E-state index in [1.807, 2.05) is 25.2 Å². The summed E-state index contributed by atoms with van der Waals surface area (Å²) in [5.74, 6) is -0.441. The molecule has 0 saturated carbocycles. The first-order valence-electron chi connectivity index (χ1n) is 7.79. The predicted octanol–water partition coefficient (Wildman–Crippen LogP) is 3.06. The van der Waals surface area contributed by atoms with Gasteiger partial charge in [0.05, 0.1) is 11.4 Å². The second-order valence-electron chi connectivity index (χ2n) is 6.04. The van der Waals surface area contributed by atoms with Gasteiger partial charge < -0.3 is 4.57 Å². The Hall–Kier alpha value is -2.18. The van der Waals surface area contributed by atoms with Gasteiger partial charge in [0.15, 0.2) is 0 Å². The van der Waals surface area contributed by atoms with Gasteiger partial charge in [-0.2, -0.15) is 4.31 Å². The largest absolute Gasteiger partial charge is 0.346 e. The third-order valence-corrected chi connectivity index (χ3v) is 6.59. The summed E-state index contributed by atoms with van der Waals surface area (Å²) in [7, 11) is -1.65. The number of halogens is 1. The highest BCUT2D eigenvalue weighted by molar-refractivity contribution is 7.89. The quantitative estimate of drug-likeness (QED) is 0.717. The first kappa shape index (κ1) is 15.4. The van der Waals surface area contributed by atoms with Gasteiger partial charge >= 0.3 is 0 Å². The van der Waals surface area contributed by atoms with Crippen LogP contribution in [0.25, 0.3) is 10.9 Å². The lowest BCUT2D eigenvalue weighted by Gasteiger charge is -2.27. The van der Waals surface area contributed by atoms with Crippen LogP contribution in [0.4, 0.5) is 4.39 Å². The van der Waals surface area contributed by atoms with E-state index in [1.165, 1.54) is 39.5 Å². The van der Waals surface area contributed by atoms with Crippen molar-refractivity contribution in [3.8, 4) is 0 Å². The summed E-state index contributed by atoms with van der Waals surface area (Å²) < 4.78 is 42.3. The second kappa shape index (κ2) is 5.43. The van der Waals surface area contributed by atoms with E-state index in [0.29, 0.717) is 19.5 Å². The van der Waals surface area contributed by atoms with Crippen LogP contribution in [0.3, 0.4) is 0 Å². The van der Waals surface area contributed by atoms with Gasteiger partial charge in [0, 0.05) is 30.2 Å². The van der Waals surface area contributed by atoms with Crippen LogP contribution in [-0.4, -0.2) is 23.8 Å². The summed E-state index contributed by atoms with van der Waals surface area (Å²) in [6.45, 7) is 0.765. The van der Waals surface area contributed by atoms with Gasteiger partial charge in [-0.1, -0.05) is 18.2 Å². The number of hydrogen-bond acceptors (Lipinski definition) is 2. The Kier molecular flexibility index (Phi) is 3.47. The molecule has 0 saturated heterocycles. The molecule has 2 aromatic carbocycles. The predicted molar refractivity (Wildman–Crippen MR) is 90.6 cm³/mol. The maximum atomic E-state index is 13.1. The van der Waals surface area contributed by atoms with E-state index >= 15 is 0 Å². The highest BCUT2D eigenvalue weighted by atomic mass is 32.2. The third-order valence-electron chi connectivity index (χ3n) is 4.73. The molecule has 2 heterocycles. The van der Waals surface area contributed by atoms with Crippen molar-refractivity contribution in [2.24, 2.45) is 7.05 Å². The standard InChI is InChI=1S/C18H17FN2O2S/c1-20-17-5-3-2-4-15(17)16-10-11-21(12-18(16)20)24(22,23)14-8-6-13(19)7-9-14/h2-9H,10-12H2,1H3. The van der Waals surface area contributed by atoms with Gasteiger partial charge in [0.25, 0.3) is 0 Å². The lowest BCUT2D eigenvalue weighted by molar-refractivity contribution is 0.382. The molecule has 4 rings (SSSR count). The van der Waals surface area contributed by atoms with Crippen molar-refractivity contribution < 1.29 is 12.8 Å². The average molecular weight is 344 g/mol. The Morgan fingerprint density at radius 2 is 1.75 bits per heavy atom. The third kappa shape index (κ3) is 2.25. The van der Waals surface area contributed by atoms with E-state index in [2.05, 4.69) is 10.6 Å². The van der Waals surface area contributed by atoms with Crippen molar-refractivity contribution in [1.82, 2.24) is 8.87 Å². The molecular formula is C18H17FN2O2S. The van der Waals surface area contributed by atoms with Gasteiger partial charge in [-0.3, -0.25) is 0 Å². The lowest BCUT2D eigenvalue weighted by atomic mass is 10.1. The molecule has 24 heavy (non-hydrogen) atoms. The lowest BCUT2D eigenvalue weighted by Crippen LogP contribution is -2.36. The zero-order chi connectivity index (χ0) is 16.9. The Morgan fingerprint density at radius 3 is 2.50 bits per heavy atom. The second-order valence-corrected chi connectivity index (χ2v) is 7.98. The number of nitrogens with zero attached hydrogens (tertiary/aromatic N) is 2. The van der Waals surface area contributed by atoms with E-state index < -0.39 is 15.8 Å². The Labute approximate surface area is 140 Å². The molecule has 4 nitrogen and oxygen atoms in total. The molecule has 6 heteroatoms. The molecular weight excluding hydrogens is 327 g/mol. The molecule has 3 aromatic rings. The molecule has 0 spiro atoms. The Bertz CT molecular complexity index is 1020. The van der Waals surface area contributed by atoms with Crippen molar-refractivity contribution in [3.05, 3.63) is 65.6 Å². The highest BCUT2D eigenvalue weighted by Gasteiger charge is 2.31. The molecule has 0 fully saturated rings. The zero-order valence-electron chi connectivity index (χ0n) is 13.2. The fourth-order valence-electron chi connectivity index (χ4n) is 3.45. The van der Waals surface area contributed by atoms with Crippen LogP contribution in [0.15, 0.2) is 53.4 Å². The van der Waals surface area contributed by atoms with E-state index in [4.69, 9.17) is 0 Å². The van der Waals surface area contributed by atoms with Crippen molar-refractivity contribution in [1.29, 1.82) is 0 Å². The van der Waals surface area contributed by atoms with Crippen LogP contribution >= 0.6 is 0 Å². The first-order chi connectivity index (χ1) is 11.5. The minimum Gasteiger partial charge on any atom is -0.346 e. The number of fused-ring (bicyclic) bond motifs is 3. The summed E-state index contributed by atoms with van der Waals surface area (Å²) in [6, 6.07) is 13.1. The maximum Gasteiger partial charge on any atom is 0.243 e. The number of benzene rings is 2. The molecule has 1 aliphatic rings. The summed E-state index contributed by atoms with van der Waals surface area (Å²) in [5, 5.41) is 1.19.